The predicted molar refractivity (Wildman–Crippen MR) is 78.0 cm³/mol. The van der Waals surface area contributed by atoms with E-state index >= 15 is 0 Å². The molecular formula is C16H18ClN. The third-order valence-electron chi connectivity index (χ3n) is 3.18. The number of hydrogen-bond donors (Lipinski definition) is 1. The predicted octanol–water partition coefficient (Wildman–Crippen LogP) is 4.02. The van der Waals surface area contributed by atoms with Crippen LogP contribution in [0.4, 0.5) is 0 Å². The molecule has 94 valence electrons. The minimum atomic E-state index is 0.467. The van der Waals surface area contributed by atoms with E-state index in [2.05, 4.69) is 36.4 Å². The van der Waals surface area contributed by atoms with Crippen molar-refractivity contribution in [3.05, 3.63) is 70.7 Å². The van der Waals surface area contributed by atoms with Gasteiger partial charge in [0.15, 0.2) is 0 Å². The van der Waals surface area contributed by atoms with E-state index < -0.39 is 0 Å². The van der Waals surface area contributed by atoms with Crippen LogP contribution in [0.1, 0.15) is 23.5 Å². The average Bonchev–Trinajstić information content (AvgIpc) is 2.40. The van der Waals surface area contributed by atoms with Crippen molar-refractivity contribution in [3.63, 3.8) is 0 Å². The Morgan fingerprint density at radius 1 is 0.944 bits per heavy atom. The van der Waals surface area contributed by atoms with Gasteiger partial charge in [-0.1, -0.05) is 54.1 Å². The fourth-order valence-corrected chi connectivity index (χ4v) is 2.35. The topological polar surface area (TPSA) is 26.0 Å². The van der Waals surface area contributed by atoms with E-state index in [-0.39, 0.29) is 0 Å². The SMILES string of the molecule is NCCC(Cc1ccccc1)c1ccc(Cl)cc1. The first-order valence-corrected chi connectivity index (χ1v) is 6.67. The summed E-state index contributed by atoms with van der Waals surface area (Å²) in [6.45, 7) is 0.708. The molecule has 0 aliphatic heterocycles. The summed E-state index contributed by atoms with van der Waals surface area (Å²) in [6.07, 6.45) is 2.02. The Bertz CT molecular complexity index is 464. The first-order chi connectivity index (χ1) is 8.79. The molecule has 2 N–H and O–H groups in total. The van der Waals surface area contributed by atoms with Gasteiger partial charge in [0.05, 0.1) is 0 Å². The Kier molecular flexibility index (Phi) is 4.80. The largest absolute Gasteiger partial charge is 0.330 e. The van der Waals surface area contributed by atoms with Gasteiger partial charge in [-0.15, -0.1) is 0 Å². The molecule has 0 aliphatic carbocycles. The summed E-state index contributed by atoms with van der Waals surface area (Å²) in [5.41, 5.74) is 8.39. The lowest BCUT2D eigenvalue weighted by atomic mass is 9.89. The Morgan fingerprint density at radius 3 is 2.22 bits per heavy atom. The molecule has 0 aliphatic rings. The molecule has 1 atom stereocenters. The molecule has 2 aromatic rings. The van der Waals surface area contributed by atoms with Gasteiger partial charge in [0.2, 0.25) is 0 Å². The van der Waals surface area contributed by atoms with Gasteiger partial charge in [-0.25, -0.2) is 0 Å². The first-order valence-electron chi connectivity index (χ1n) is 6.29. The fraction of sp³-hybridized carbons (Fsp3) is 0.250. The average molecular weight is 260 g/mol. The molecule has 2 rings (SSSR count). The number of nitrogens with two attached hydrogens (primary N) is 1. The van der Waals surface area contributed by atoms with E-state index in [1.165, 1.54) is 11.1 Å². The van der Waals surface area contributed by atoms with Crippen molar-refractivity contribution in [1.82, 2.24) is 0 Å². The summed E-state index contributed by atoms with van der Waals surface area (Å²) >= 11 is 5.93. The van der Waals surface area contributed by atoms with Crippen LogP contribution in [0.2, 0.25) is 5.02 Å². The maximum atomic E-state index is 5.93. The highest BCUT2D eigenvalue weighted by molar-refractivity contribution is 6.30. The normalized spacial score (nSPS) is 12.3. The van der Waals surface area contributed by atoms with Crippen molar-refractivity contribution < 1.29 is 0 Å². The molecule has 0 saturated carbocycles. The van der Waals surface area contributed by atoms with Gasteiger partial charge >= 0.3 is 0 Å². The molecule has 0 heterocycles. The van der Waals surface area contributed by atoms with Gasteiger partial charge in [0, 0.05) is 5.02 Å². The van der Waals surface area contributed by atoms with Crippen molar-refractivity contribution in [2.75, 3.05) is 6.54 Å². The molecule has 18 heavy (non-hydrogen) atoms. The van der Waals surface area contributed by atoms with Crippen molar-refractivity contribution in [2.24, 2.45) is 5.73 Å². The molecule has 1 nitrogen and oxygen atoms in total. The molecule has 0 spiro atoms. The molecule has 0 radical (unpaired) electrons. The molecule has 1 unspecified atom stereocenters. The molecule has 0 fully saturated rings. The zero-order valence-corrected chi connectivity index (χ0v) is 11.1. The third kappa shape index (κ3) is 3.59. The first kappa shape index (κ1) is 13.1. The highest BCUT2D eigenvalue weighted by Crippen LogP contribution is 2.25. The van der Waals surface area contributed by atoms with E-state index in [1.54, 1.807) is 0 Å². The molecule has 0 bridgehead atoms. The molecule has 0 amide bonds. The lowest BCUT2D eigenvalue weighted by Crippen LogP contribution is -2.10. The van der Waals surface area contributed by atoms with Gasteiger partial charge in [-0.05, 0) is 48.6 Å². The zero-order chi connectivity index (χ0) is 12.8. The fourth-order valence-electron chi connectivity index (χ4n) is 2.22. The molecular weight excluding hydrogens is 242 g/mol. The minimum Gasteiger partial charge on any atom is -0.330 e. The van der Waals surface area contributed by atoms with Crippen LogP contribution >= 0.6 is 11.6 Å². The van der Waals surface area contributed by atoms with Crippen LogP contribution in [0, 0.1) is 0 Å². The monoisotopic (exact) mass is 259 g/mol. The van der Waals surface area contributed by atoms with Gasteiger partial charge in [-0.2, -0.15) is 0 Å². The van der Waals surface area contributed by atoms with Crippen LogP contribution in [0.5, 0.6) is 0 Å². The van der Waals surface area contributed by atoms with Crippen molar-refractivity contribution in [3.8, 4) is 0 Å². The second-order valence-electron chi connectivity index (χ2n) is 4.52. The molecule has 2 aromatic carbocycles. The Balaban J connectivity index is 2.15. The van der Waals surface area contributed by atoms with Crippen molar-refractivity contribution in [1.29, 1.82) is 0 Å². The Morgan fingerprint density at radius 2 is 1.61 bits per heavy atom. The van der Waals surface area contributed by atoms with Crippen LogP contribution in [0.15, 0.2) is 54.6 Å². The summed E-state index contributed by atoms with van der Waals surface area (Å²) in [4.78, 5) is 0. The van der Waals surface area contributed by atoms with E-state index in [1.807, 2.05) is 18.2 Å². The molecule has 0 saturated heterocycles. The lowest BCUT2D eigenvalue weighted by molar-refractivity contribution is 0.630. The van der Waals surface area contributed by atoms with Crippen LogP contribution in [-0.2, 0) is 6.42 Å². The Labute approximate surface area is 114 Å². The van der Waals surface area contributed by atoms with Crippen LogP contribution < -0.4 is 5.73 Å². The van der Waals surface area contributed by atoms with E-state index in [4.69, 9.17) is 17.3 Å². The molecule has 0 aromatic heterocycles. The number of benzene rings is 2. The number of halogens is 1. The van der Waals surface area contributed by atoms with E-state index in [0.29, 0.717) is 12.5 Å². The van der Waals surface area contributed by atoms with Crippen molar-refractivity contribution in [2.45, 2.75) is 18.8 Å². The van der Waals surface area contributed by atoms with Gasteiger partial charge in [-0.3, -0.25) is 0 Å². The van der Waals surface area contributed by atoms with Gasteiger partial charge in [0.25, 0.3) is 0 Å². The van der Waals surface area contributed by atoms with E-state index in [9.17, 15) is 0 Å². The van der Waals surface area contributed by atoms with Crippen molar-refractivity contribution >= 4 is 11.6 Å². The Hall–Kier alpha value is -1.31. The van der Waals surface area contributed by atoms with E-state index in [0.717, 1.165) is 17.9 Å². The third-order valence-corrected chi connectivity index (χ3v) is 3.43. The number of hydrogen-bond acceptors (Lipinski definition) is 1. The van der Waals surface area contributed by atoms with Gasteiger partial charge < -0.3 is 5.73 Å². The standard InChI is InChI=1S/C16H18ClN/c17-16-8-6-14(7-9-16)15(10-11-18)12-13-4-2-1-3-5-13/h1-9,15H,10-12,18H2. The number of rotatable bonds is 5. The highest BCUT2D eigenvalue weighted by Gasteiger charge is 2.11. The van der Waals surface area contributed by atoms with Crippen LogP contribution in [0.25, 0.3) is 0 Å². The maximum Gasteiger partial charge on any atom is 0.0406 e. The highest BCUT2D eigenvalue weighted by atomic mass is 35.5. The summed E-state index contributed by atoms with van der Waals surface area (Å²) in [6, 6.07) is 18.6. The lowest BCUT2D eigenvalue weighted by Gasteiger charge is -2.16. The molecule has 2 heteroatoms. The summed E-state index contributed by atoms with van der Waals surface area (Å²) < 4.78 is 0. The second-order valence-corrected chi connectivity index (χ2v) is 4.95. The van der Waals surface area contributed by atoms with Crippen LogP contribution in [-0.4, -0.2) is 6.54 Å². The quantitative estimate of drug-likeness (QED) is 0.863. The summed E-state index contributed by atoms with van der Waals surface area (Å²) in [7, 11) is 0. The maximum absolute atomic E-state index is 5.93. The summed E-state index contributed by atoms with van der Waals surface area (Å²) in [5, 5.41) is 0.782. The smallest absolute Gasteiger partial charge is 0.0406 e. The summed E-state index contributed by atoms with van der Waals surface area (Å²) in [5.74, 6) is 0.467. The zero-order valence-electron chi connectivity index (χ0n) is 10.4. The minimum absolute atomic E-state index is 0.467. The van der Waals surface area contributed by atoms with Gasteiger partial charge in [0.1, 0.15) is 0 Å². The van der Waals surface area contributed by atoms with Crippen LogP contribution in [0.3, 0.4) is 0 Å². The second kappa shape index (κ2) is 6.58.